The second-order valence-electron chi connectivity index (χ2n) is 6.23. The molecule has 0 amide bonds. The Bertz CT molecular complexity index is 662. The van der Waals surface area contributed by atoms with Gasteiger partial charge in [0.2, 0.25) is 10.0 Å². The molecule has 2 rings (SSSR count). The van der Waals surface area contributed by atoms with E-state index in [-0.39, 0.29) is 11.5 Å². The Kier molecular flexibility index (Phi) is 5.95. The van der Waals surface area contributed by atoms with Crippen LogP contribution in [0.4, 0.5) is 0 Å². The lowest BCUT2D eigenvalue weighted by molar-refractivity contribution is 0.0901. The minimum Gasteiger partial charge on any atom is -0.293 e. The molecule has 0 aromatic heterocycles. The van der Waals surface area contributed by atoms with Crippen LogP contribution in [-0.4, -0.2) is 61.9 Å². The van der Waals surface area contributed by atoms with Crippen LogP contribution in [0.2, 0.25) is 0 Å². The first-order valence-electron chi connectivity index (χ1n) is 8.14. The highest BCUT2D eigenvalue weighted by Crippen LogP contribution is 2.14. The molecule has 6 heteroatoms. The van der Waals surface area contributed by atoms with Gasteiger partial charge in [-0.25, -0.2) is 8.42 Å². The maximum Gasteiger partial charge on any atom is 0.214 e. The van der Waals surface area contributed by atoms with E-state index in [4.69, 9.17) is 0 Å². The predicted octanol–water partition coefficient (Wildman–Crippen LogP) is 1.84. The van der Waals surface area contributed by atoms with Crippen molar-refractivity contribution in [3.63, 3.8) is 0 Å². The van der Waals surface area contributed by atoms with Crippen molar-refractivity contribution in [1.82, 2.24) is 9.21 Å². The van der Waals surface area contributed by atoms with Crippen LogP contribution in [0.15, 0.2) is 18.2 Å². The van der Waals surface area contributed by atoms with Crippen molar-refractivity contribution >= 4 is 15.8 Å². The number of aryl methyl sites for hydroxylation is 2. The second kappa shape index (κ2) is 7.55. The molecule has 1 heterocycles. The lowest BCUT2D eigenvalue weighted by Crippen LogP contribution is -2.50. The van der Waals surface area contributed by atoms with Gasteiger partial charge in [-0.2, -0.15) is 4.31 Å². The zero-order chi connectivity index (χ0) is 17.0. The number of nitrogens with zero attached hydrogens (tertiary/aromatic N) is 2. The van der Waals surface area contributed by atoms with E-state index < -0.39 is 10.0 Å². The number of carbonyl (C=O) groups is 1. The molecule has 1 aromatic carbocycles. The van der Waals surface area contributed by atoms with E-state index >= 15 is 0 Å². The normalized spacial score (nSPS) is 17.3. The Balaban J connectivity index is 1.92. The first-order valence-corrected chi connectivity index (χ1v) is 9.75. The summed E-state index contributed by atoms with van der Waals surface area (Å²) in [6.07, 6.45) is 0.633. The topological polar surface area (TPSA) is 57.7 Å². The highest BCUT2D eigenvalue weighted by molar-refractivity contribution is 7.89. The Morgan fingerprint density at radius 2 is 1.78 bits per heavy atom. The smallest absolute Gasteiger partial charge is 0.214 e. The molecule has 5 nitrogen and oxygen atoms in total. The summed E-state index contributed by atoms with van der Waals surface area (Å²) < 4.78 is 25.7. The monoisotopic (exact) mass is 338 g/mol. The van der Waals surface area contributed by atoms with Gasteiger partial charge in [0.25, 0.3) is 0 Å². The highest BCUT2D eigenvalue weighted by atomic mass is 32.2. The van der Waals surface area contributed by atoms with Crippen molar-refractivity contribution in [3.8, 4) is 0 Å². The van der Waals surface area contributed by atoms with Gasteiger partial charge in [-0.3, -0.25) is 9.69 Å². The van der Waals surface area contributed by atoms with Gasteiger partial charge in [0.15, 0.2) is 5.78 Å². The third-order valence-corrected chi connectivity index (χ3v) is 6.31. The molecule has 1 aliphatic heterocycles. The van der Waals surface area contributed by atoms with Crippen LogP contribution >= 0.6 is 0 Å². The highest BCUT2D eigenvalue weighted by Gasteiger charge is 2.27. The van der Waals surface area contributed by atoms with E-state index in [1.54, 1.807) is 4.31 Å². The molecule has 0 radical (unpaired) electrons. The molecule has 0 N–H and O–H groups in total. The summed E-state index contributed by atoms with van der Waals surface area (Å²) in [7, 11) is -3.13. The second-order valence-corrected chi connectivity index (χ2v) is 8.32. The molecule has 0 aliphatic carbocycles. The molecule has 1 aliphatic rings. The van der Waals surface area contributed by atoms with Crippen molar-refractivity contribution in [2.45, 2.75) is 27.2 Å². The van der Waals surface area contributed by atoms with Gasteiger partial charge in [-0.15, -0.1) is 0 Å². The Hall–Kier alpha value is -1.24. The van der Waals surface area contributed by atoms with E-state index in [1.807, 2.05) is 43.9 Å². The summed E-state index contributed by atoms with van der Waals surface area (Å²) in [6.45, 7) is 8.36. The van der Waals surface area contributed by atoms with E-state index in [0.717, 1.165) is 16.7 Å². The van der Waals surface area contributed by atoms with Gasteiger partial charge in [-0.1, -0.05) is 30.7 Å². The molecule has 128 valence electrons. The van der Waals surface area contributed by atoms with Crippen molar-refractivity contribution in [2.24, 2.45) is 0 Å². The third kappa shape index (κ3) is 4.62. The number of hydrogen-bond donors (Lipinski definition) is 0. The van der Waals surface area contributed by atoms with Crippen LogP contribution in [0.25, 0.3) is 0 Å². The molecular weight excluding hydrogens is 312 g/mol. The number of Topliss-reactive ketones (excluding diaryl/α,β-unsaturated/α-hetero) is 1. The van der Waals surface area contributed by atoms with Crippen LogP contribution in [0.5, 0.6) is 0 Å². The van der Waals surface area contributed by atoms with Crippen LogP contribution in [0, 0.1) is 13.8 Å². The van der Waals surface area contributed by atoms with Gasteiger partial charge in [0.05, 0.1) is 12.3 Å². The van der Waals surface area contributed by atoms with E-state index in [1.165, 1.54) is 0 Å². The van der Waals surface area contributed by atoms with E-state index in [0.29, 0.717) is 39.1 Å². The van der Waals surface area contributed by atoms with Crippen molar-refractivity contribution in [3.05, 3.63) is 34.9 Å². The number of rotatable bonds is 6. The summed E-state index contributed by atoms with van der Waals surface area (Å²) >= 11 is 0. The van der Waals surface area contributed by atoms with Crippen LogP contribution in [0.3, 0.4) is 0 Å². The number of ketones is 1. The first kappa shape index (κ1) is 18.1. The molecule has 0 bridgehead atoms. The number of hydrogen-bond acceptors (Lipinski definition) is 4. The maximum absolute atomic E-state index is 12.5. The van der Waals surface area contributed by atoms with Crippen LogP contribution in [0.1, 0.15) is 34.8 Å². The number of piperazine rings is 1. The molecule has 0 unspecified atom stereocenters. The SMILES string of the molecule is CCCS(=O)(=O)N1CCN(CC(=O)c2ccc(C)cc2C)CC1. The lowest BCUT2D eigenvalue weighted by Gasteiger charge is -2.33. The molecule has 0 saturated carbocycles. The third-order valence-electron chi connectivity index (χ3n) is 4.24. The van der Waals surface area contributed by atoms with Gasteiger partial charge in [0, 0.05) is 31.7 Å². The van der Waals surface area contributed by atoms with Crippen LogP contribution in [-0.2, 0) is 10.0 Å². The quantitative estimate of drug-likeness (QED) is 0.743. The molecule has 0 atom stereocenters. The van der Waals surface area contributed by atoms with Crippen molar-refractivity contribution in [2.75, 3.05) is 38.5 Å². The van der Waals surface area contributed by atoms with Crippen molar-refractivity contribution in [1.29, 1.82) is 0 Å². The fourth-order valence-corrected chi connectivity index (χ4v) is 4.46. The average Bonchev–Trinajstić information content (AvgIpc) is 2.47. The van der Waals surface area contributed by atoms with Gasteiger partial charge >= 0.3 is 0 Å². The maximum atomic E-state index is 12.5. The summed E-state index contributed by atoms with van der Waals surface area (Å²) in [4.78, 5) is 14.5. The average molecular weight is 338 g/mol. The summed E-state index contributed by atoms with van der Waals surface area (Å²) in [5.41, 5.74) is 2.91. The van der Waals surface area contributed by atoms with E-state index in [2.05, 4.69) is 0 Å². The molecule has 23 heavy (non-hydrogen) atoms. The number of sulfonamides is 1. The zero-order valence-electron chi connectivity index (χ0n) is 14.2. The predicted molar refractivity (Wildman–Crippen MR) is 92.3 cm³/mol. The largest absolute Gasteiger partial charge is 0.293 e. The Labute approximate surface area is 139 Å². The fraction of sp³-hybridized carbons (Fsp3) is 0.588. The Morgan fingerprint density at radius 3 is 2.35 bits per heavy atom. The molecular formula is C17H26N2O3S. The summed E-state index contributed by atoms with van der Waals surface area (Å²) in [6, 6.07) is 5.85. The minimum atomic E-state index is -3.13. The standard InChI is InChI=1S/C17H26N2O3S/c1-4-11-23(21,22)19-9-7-18(8-10-19)13-17(20)16-6-5-14(2)12-15(16)3/h5-6,12H,4,7-11,13H2,1-3H3. The van der Waals surface area contributed by atoms with Crippen LogP contribution < -0.4 is 0 Å². The Morgan fingerprint density at radius 1 is 1.13 bits per heavy atom. The first-order chi connectivity index (χ1) is 10.8. The minimum absolute atomic E-state index is 0.104. The summed E-state index contributed by atoms with van der Waals surface area (Å²) in [5.74, 6) is 0.307. The van der Waals surface area contributed by atoms with E-state index in [9.17, 15) is 13.2 Å². The molecule has 0 spiro atoms. The molecule has 1 aromatic rings. The number of carbonyl (C=O) groups excluding carboxylic acids is 1. The van der Waals surface area contributed by atoms with Gasteiger partial charge < -0.3 is 0 Å². The van der Waals surface area contributed by atoms with Crippen molar-refractivity contribution < 1.29 is 13.2 Å². The lowest BCUT2D eigenvalue weighted by atomic mass is 10.0. The summed E-state index contributed by atoms with van der Waals surface area (Å²) in [5, 5.41) is 0. The zero-order valence-corrected chi connectivity index (χ0v) is 15.0. The van der Waals surface area contributed by atoms with Gasteiger partial charge in [-0.05, 0) is 25.8 Å². The fourth-order valence-electron chi connectivity index (χ4n) is 2.97. The number of benzene rings is 1. The van der Waals surface area contributed by atoms with Gasteiger partial charge in [0.1, 0.15) is 0 Å². The molecule has 1 saturated heterocycles. The molecule has 1 fully saturated rings.